The van der Waals surface area contributed by atoms with Gasteiger partial charge in [0, 0.05) is 11.4 Å². The number of hydrogen-bond acceptors (Lipinski definition) is 1. The maximum absolute atomic E-state index is 4.54. The van der Waals surface area contributed by atoms with Crippen molar-refractivity contribution in [3.8, 4) is 0 Å². The third-order valence-corrected chi connectivity index (χ3v) is 2.83. The Morgan fingerprint density at radius 2 is 1.75 bits per heavy atom. The number of aryl methyl sites for hydroxylation is 1. The Labute approximate surface area is 97.2 Å². The lowest BCUT2D eigenvalue weighted by Crippen LogP contribution is -2.00. The Balaban J connectivity index is 2.11. The van der Waals surface area contributed by atoms with Crippen molar-refractivity contribution >= 4 is 0 Å². The predicted octanol–water partition coefficient (Wildman–Crippen LogP) is 3.74. The van der Waals surface area contributed by atoms with Crippen molar-refractivity contribution in [3.05, 3.63) is 65.5 Å². The molecule has 0 N–H and O–H groups in total. The molecule has 1 aromatic heterocycles. The topological polar surface area (TPSA) is 12.9 Å². The largest absolute Gasteiger partial charge is 0.258 e. The van der Waals surface area contributed by atoms with Gasteiger partial charge in [-0.05, 0) is 37.0 Å². The average Bonchev–Trinajstić information content (AvgIpc) is 2.30. The fourth-order valence-corrected chi connectivity index (χ4v) is 1.93. The van der Waals surface area contributed by atoms with Gasteiger partial charge in [-0.25, -0.2) is 0 Å². The van der Waals surface area contributed by atoms with Crippen molar-refractivity contribution < 1.29 is 0 Å². The van der Waals surface area contributed by atoms with Crippen LogP contribution in [-0.4, -0.2) is 4.98 Å². The number of rotatable bonds is 3. The monoisotopic (exact) mass is 211 g/mol. The molecule has 1 atom stereocenters. The Morgan fingerprint density at radius 1 is 1.00 bits per heavy atom. The minimum atomic E-state index is 0.524. The molecule has 2 rings (SSSR count). The average molecular weight is 211 g/mol. The first-order chi connectivity index (χ1) is 7.75. The summed E-state index contributed by atoms with van der Waals surface area (Å²) in [5.74, 6) is 0.524. The maximum atomic E-state index is 4.54. The van der Waals surface area contributed by atoms with E-state index in [2.05, 4.69) is 54.4 Å². The number of nitrogens with zero attached hydrogens (tertiary/aromatic N) is 1. The van der Waals surface area contributed by atoms with E-state index >= 15 is 0 Å². The van der Waals surface area contributed by atoms with Crippen molar-refractivity contribution in [1.82, 2.24) is 4.98 Å². The van der Waals surface area contributed by atoms with Crippen LogP contribution >= 0.6 is 0 Å². The molecule has 16 heavy (non-hydrogen) atoms. The molecule has 0 saturated carbocycles. The molecule has 82 valence electrons. The van der Waals surface area contributed by atoms with E-state index in [1.807, 2.05) is 13.0 Å². The van der Waals surface area contributed by atoms with Crippen LogP contribution in [0, 0.1) is 6.92 Å². The zero-order valence-electron chi connectivity index (χ0n) is 9.85. The van der Waals surface area contributed by atoms with Crippen LogP contribution in [0.1, 0.15) is 29.8 Å². The van der Waals surface area contributed by atoms with Gasteiger partial charge in [-0.2, -0.15) is 0 Å². The second-order valence-corrected chi connectivity index (χ2v) is 4.29. The van der Waals surface area contributed by atoms with E-state index in [1.54, 1.807) is 0 Å². The first kappa shape index (κ1) is 10.9. The minimum absolute atomic E-state index is 0.524. The van der Waals surface area contributed by atoms with Gasteiger partial charge in [0.05, 0.1) is 0 Å². The van der Waals surface area contributed by atoms with Gasteiger partial charge in [0.2, 0.25) is 0 Å². The molecule has 0 aliphatic rings. The van der Waals surface area contributed by atoms with Crippen LogP contribution in [0.3, 0.4) is 0 Å². The summed E-state index contributed by atoms with van der Waals surface area (Å²) in [5.41, 5.74) is 3.65. The molecule has 1 heteroatoms. The second-order valence-electron chi connectivity index (χ2n) is 4.29. The molecule has 0 saturated heterocycles. The molecule has 2 aromatic rings. The van der Waals surface area contributed by atoms with Crippen LogP contribution in [0.5, 0.6) is 0 Å². The highest BCUT2D eigenvalue weighted by Crippen LogP contribution is 2.18. The number of pyridine rings is 1. The summed E-state index contributed by atoms with van der Waals surface area (Å²) in [6.07, 6.45) is 1.01. The predicted molar refractivity (Wildman–Crippen MR) is 67.5 cm³/mol. The summed E-state index contributed by atoms with van der Waals surface area (Å²) in [7, 11) is 0. The molecule has 0 spiro atoms. The summed E-state index contributed by atoms with van der Waals surface area (Å²) >= 11 is 0. The highest BCUT2D eigenvalue weighted by atomic mass is 14.7. The van der Waals surface area contributed by atoms with Gasteiger partial charge in [-0.1, -0.05) is 43.3 Å². The fraction of sp³-hybridized carbons (Fsp3) is 0.267. The Bertz CT molecular complexity index is 448. The molecular weight excluding hydrogens is 194 g/mol. The molecule has 1 heterocycles. The summed E-state index contributed by atoms with van der Waals surface area (Å²) in [6.45, 7) is 4.29. The van der Waals surface area contributed by atoms with E-state index in [4.69, 9.17) is 0 Å². The Kier molecular flexibility index (Phi) is 3.35. The van der Waals surface area contributed by atoms with E-state index in [0.29, 0.717) is 5.92 Å². The summed E-state index contributed by atoms with van der Waals surface area (Å²) in [6, 6.07) is 16.8. The van der Waals surface area contributed by atoms with Crippen molar-refractivity contribution in [3.63, 3.8) is 0 Å². The quantitative estimate of drug-likeness (QED) is 0.753. The van der Waals surface area contributed by atoms with Gasteiger partial charge in [0.25, 0.3) is 0 Å². The zero-order chi connectivity index (χ0) is 11.4. The van der Waals surface area contributed by atoms with Gasteiger partial charge in [-0.3, -0.25) is 4.98 Å². The first-order valence-electron chi connectivity index (χ1n) is 5.73. The van der Waals surface area contributed by atoms with Gasteiger partial charge in [0.15, 0.2) is 0 Å². The van der Waals surface area contributed by atoms with Crippen LogP contribution in [0.25, 0.3) is 0 Å². The van der Waals surface area contributed by atoms with Gasteiger partial charge in [0.1, 0.15) is 0 Å². The first-order valence-corrected chi connectivity index (χ1v) is 5.73. The van der Waals surface area contributed by atoms with Gasteiger partial charge < -0.3 is 0 Å². The molecule has 0 aliphatic carbocycles. The number of hydrogen-bond donors (Lipinski definition) is 0. The third-order valence-electron chi connectivity index (χ3n) is 2.83. The van der Waals surface area contributed by atoms with E-state index in [1.165, 1.54) is 11.3 Å². The van der Waals surface area contributed by atoms with Gasteiger partial charge in [-0.15, -0.1) is 0 Å². The van der Waals surface area contributed by atoms with Crippen LogP contribution in [0.4, 0.5) is 0 Å². The SMILES string of the molecule is Cc1cccc(CC(C)c2ccccc2)n1. The molecular formula is C15H17N. The normalized spacial score (nSPS) is 12.4. The van der Waals surface area contributed by atoms with Crippen molar-refractivity contribution in [2.75, 3.05) is 0 Å². The Morgan fingerprint density at radius 3 is 2.44 bits per heavy atom. The molecule has 1 unspecified atom stereocenters. The van der Waals surface area contributed by atoms with E-state index in [-0.39, 0.29) is 0 Å². The summed E-state index contributed by atoms with van der Waals surface area (Å²) < 4.78 is 0. The smallest absolute Gasteiger partial charge is 0.0412 e. The third kappa shape index (κ3) is 2.69. The van der Waals surface area contributed by atoms with Crippen LogP contribution in [0.15, 0.2) is 48.5 Å². The summed E-state index contributed by atoms with van der Waals surface area (Å²) in [5, 5.41) is 0. The highest BCUT2D eigenvalue weighted by Gasteiger charge is 2.06. The van der Waals surface area contributed by atoms with Gasteiger partial charge >= 0.3 is 0 Å². The molecule has 0 aliphatic heterocycles. The zero-order valence-corrected chi connectivity index (χ0v) is 9.85. The lowest BCUT2D eigenvalue weighted by molar-refractivity contribution is 0.738. The maximum Gasteiger partial charge on any atom is 0.0412 e. The van der Waals surface area contributed by atoms with Crippen molar-refractivity contribution in [2.24, 2.45) is 0 Å². The Hall–Kier alpha value is -1.63. The van der Waals surface area contributed by atoms with E-state index < -0.39 is 0 Å². The van der Waals surface area contributed by atoms with E-state index in [0.717, 1.165) is 12.1 Å². The standard InChI is InChI=1S/C15H17N/c1-12(14-8-4-3-5-9-14)11-15-10-6-7-13(2)16-15/h3-10,12H,11H2,1-2H3. The molecule has 0 amide bonds. The molecule has 1 nitrogen and oxygen atoms in total. The number of benzene rings is 1. The number of aromatic nitrogens is 1. The van der Waals surface area contributed by atoms with E-state index in [9.17, 15) is 0 Å². The minimum Gasteiger partial charge on any atom is -0.258 e. The second kappa shape index (κ2) is 4.93. The van der Waals surface area contributed by atoms with Crippen LogP contribution < -0.4 is 0 Å². The summed E-state index contributed by atoms with van der Waals surface area (Å²) in [4.78, 5) is 4.54. The molecule has 0 radical (unpaired) electrons. The molecule has 1 aromatic carbocycles. The fourth-order valence-electron chi connectivity index (χ4n) is 1.93. The molecule has 0 fully saturated rings. The lowest BCUT2D eigenvalue weighted by atomic mass is 9.96. The van der Waals surface area contributed by atoms with Crippen LogP contribution in [0.2, 0.25) is 0 Å². The van der Waals surface area contributed by atoms with Crippen LogP contribution in [-0.2, 0) is 6.42 Å². The lowest BCUT2D eigenvalue weighted by Gasteiger charge is -2.11. The van der Waals surface area contributed by atoms with Crippen molar-refractivity contribution in [2.45, 2.75) is 26.2 Å². The highest BCUT2D eigenvalue weighted by molar-refractivity contribution is 5.21. The van der Waals surface area contributed by atoms with Crippen molar-refractivity contribution in [1.29, 1.82) is 0 Å². The molecule has 0 bridgehead atoms.